The molecule has 0 unspecified atom stereocenters. The summed E-state index contributed by atoms with van der Waals surface area (Å²) in [5.74, 6) is 0. The van der Waals surface area contributed by atoms with Gasteiger partial charge in [-0.2, -0.15) is 0 Å². The number of hydrogen-bond acceptors (Lipinski definition) is 6. The smallest absolute Gasteiger partial charge is 0.768 e. The molecule has 0 aromatic heterocycles. The van der Waals surface area contributed by atoms with Gasteiger partial charge >= 0.3 is 75.4 Å². The first kappa shape index (κ1) is 30.3. The standard InChI is InChI=1S/4Li.H4P2S6/c;;;;3-1(4,5)2(6,7)8/h;;;;(H2,3,4,5)(H2,6,7,8)/q4*+1;/p-4. The summed E-state index contributed by atoms with van der Waals surface area (Å²) in [6.45, 7) is 0. The molecule has 0 aromatic rings. The van der Waals surface area contributed by atoms with Crippen LogP contribution in [0.15, 0.2) is 0 Å². The first-order valence-corrected chi connectivity index (χ1v) is 11.7. The van der Waals surface area contributed by atoms with E-state index in [2.05, 4.69) is 0 Å². The van der Waals surface area contributed by atoms with Crippen molar-refractivity contribution in [3.8, 4) is 0 Å². The Kier molecular flexibility index (Phi) is 31.6. The van der Waals surface area contributed by atoms with Gasteiger partial charge in [-0.25, -0.2) is 0 Å². The van der Waals surface area contributed by atoms with Gasteiger partial charge in [0.1, 0.15) is 0 Å². The van der Waals surface area contributed by atoms with Crippen molar-refractivity contribution in [1.82, 2.24) is 0 Å². The summed E-state index contributed by atoms with van der Waals surface area (Å²) >= 11 is 28.2. The molecule has 0 N–H and O–H groups in total. The van der Waals surface area contributed by atoms with E-state index in [1.165, 1.54) is 0 Å². The maximum Gasteiger partial charge on any atom is 1.00 e. The monoisotopic (exact) mass is 282 g/mol. The third kappa shape index (κ3) is 15.1. The average molecular weight is 282 g/mol. The topological polar surface area (TPSA) is 0 Å². The van der Waals surface area contributed by atoms with Crippen molar-refractivity contribution in [2.75, 3.05) is 0 Å². The van der Waals surface area contributed by atoms with E-state index in [0.717, 1.165) is 0 Å². The fourth-order valence-electron chi connectivity index (χ4n) is 0. The maximum absolute atomic E-state index is 4.70. The predicted octanol–water partition coefficient (Wildman–Crippen LogP) is -10.3. The Morgan fingerprint density at radius 2 is 0.667 bits per heavy atom. The minimum atomic E-state index is -2.29. The van der Waals surface area contributed by atoms with E-state index in [4.69, 9.17) is 72.6 Å². The summed E-state index contributed by atoms with van der Waals surface area (Å²) in [6, 6.07) is 0. The molecule has 0 aromatic carbocycles. The molecule has 0 aliphatic heterocycles. The van der Waals surface area contributed by atoms with E-state index in [0.29, 0.717) is 0 Å². The molecule has 0 amide bonds. The Labute approximate surface area is 153 Å². The molecule has 0 heterocycles. The molecule has 0 radical (unpaired) electrons. The third-order valence-electron chi connectivity index (χ3n) is 0.300. The molecule has 0 nitrogen and oxygen atoms in total. The summed E-state index contributed by atoms with van der Waals surface area (Å²) in [5, 5.41) is 0. The molecule has 0 aliphatic carbocycles. The van der Waals surface area contributed by atoms with E-state index in [1.807, 2.05) is 0 Å². The minimum Gasteiger partial charge on any atom is -0.768 e. The molecule has 50 valence electrons. The molecule has 0 atom stereocenters. The van der Waals surface area contributed by atoms with Gasteiger partial charge in [0.15, 0.2) is 0 Å². The van der Waals surface area contributed by atoms with Crippen molar-refractivity contribution < 1.29 is 75.4 Å². The summed E-state index contributed by atoms with van der Waals surface area (Å²) in [7, 11) is 0. The van der Waals surface area contributed by atoms with Crippen LogP contribution in [-0.4, -0.2) is 0 Å². The molecule has 12 heavy (non-hydrogen) atoms. The summed E-state index contributed by atoms with van der Waals surface area (Å²) in [4.78, 5) is 0. The van der Waals surface area contributed by atoms with Crippen molar-refractivity contribution in [1.29, 1.82) is 0 Å². The van der Waals surface area contributed by atoms with Gasteiger partial charge < -0.3 is 57.3 Å². The zero-order chi connectivity index (χ0) is 7.00. The number of rotatable bonds is 1. The molecule has 0 fully saturated rings. The molecular weight excluding hydrogens is 282 g/mol. The second kappa shape index (κ2) is 12.5. The Hall–Kier alpha value is 5.09. The van der Waals surface area contributed by atoms with Crippen LogP contribution < -0.4 is 75.4 Å². The molecule has 0 aliphatic rings. The van der Waals surface area contributed by atoms with E-state index < -0.39 is 8.26 Å². The van der Waals surface area contributed by atoms with Gasteiger partial charge in [-0.05, 0) is 0 Å². The van der Waals surface area contributed by atoms with Gasteiger partial charge in [0, 0.05) is 0 Å². The van der Waals surface area contributed by atoms with Crippen LogP contribution in [0.1, 0.15) is 0 Å². The van der Waals surface area contributed by atoms with Crippen molar-refractivity contribution >= 4 is 80.9 Å². The first-order valence-electron chi connectivity index (χ1n) is 1.30. The van der Waals surface area contributed by atoms with Gasteiger partial charge in [0.05, 0.1) is 0 Å². The van der Waals surface area contributed by atoms with Gasteiger partial charge in [0.2, 0.25) is 0 Å². The van der Waals surface area contributed by atoms with Gasteiger partial charge in [-0.1, -0.05) is 0 Å². The molecule has 0 rings (SSSR count). The van der Waals surface area contributed by atoms with Crippen molar-refractivity contribution in [2.24, 2.45) is 0 Å². The minimum absolute atomic E-state index is 0. The average Bonchev–Trinajstić information content (AvgIpc) is 1.25. The molecule has 12 heteroatoms. The van der Waals surface area contributed by atoms with Crippen molar-refractivity contribution in [3.63, 3.8) is 0 Å². The zero-order valence-electron chi connectivity index (χ0n) is 7.34. The normalized spacial score (nSPS) is 9.33. The van der Waals surface area contributed by atoms with Gasteiger partial charge in [-0.15, -0.1) is 23.6 Å². The number of hydrogen-bond donors (Lipinski definition) is 0. The van der Waals surface area contributed by atoms with E-state index in [9.17, 15) is 0 Å². The predicted molar refractivity (Wildman–Crippen MR) is 58.0 cm³/mol. The Balaban J connectivity index is -0.0000000408. The second-order valence-electron chi connectivity index (χ2n) is 0.937. The summed E-state index contributed by atoms with van der Waals surface area (Å²) in [5.41, 5.74) is 0. The van der Waals surface area contributed by atoms with E-state index in [-0.39, 0.29) is 75.4 Å². The fraction of sp³-hybridized carbons (Fsp3) is 0. The molecule has 0 spiro atoms. The summed E-state index contributed by atoms with van der Waals surface area (Å²) < 4.78 is -4.59. The third-order valence-corrected chi connectivity index (χ3v) is 24.3. The fourth-order valence-corrected chi connectivity index (χ4v) is 0. The largest absolute Gasteiger partial charge is 1.00 e. The van der Waals surface area contributed by atoms with E-state index >= 15 is 0 Å². The molecule has 0 saturated carbocycles. The van der Waals surface area contributed by atoms with E-state index in [1.54, 1.807) is 0 Å². The molecule has 0 bridgehead atoms. The van der Waals surface area contributed by atoms with Gasteiger partial charge in [-0.3, -0.25) is 0 Å². The van der Waals surface area contributed by atoms with Gasteiger partial charge in [0.25, 0.3) is 0 Å². The van der Waals surface area contributed by atoms with Crippen LogP contribution in [0.25, 0.3) is 0 Å². The van der Waals surface area contributed by atoms with Crippen molar-refractivity contribution in [2.45, 2.75) is 0 Å². The van der Waals surface area contributed by atoms with Crippen LogP contribution in [0.4, 0.5) is 0 Å². The zero-order valence-corrected chi connectivity index (χ0v) is 14.0. The molecular formula is Li4P2S6. The quantitative estimate of drug-likeness (QED) is 0.264. The van der Waals surface area contributed by atoms with Crippen LogP contribution in [0.3, 0.4) is 0 Å². The Morgan fingerprint density at radius 3 is 0.667 bits per heavy atom. The summed E-state index contributed by atoms with van der Waals surface area (Å²) in [6.07, 6.45) is 0. The Bertz CT molecular complexity index is 146. The van der Waals surface area contributed by atoms with Crippen LogP contribution in [0.2, 0.25) is 0 Å². The SMILES string of the molecule is S=P([S-])([S-])P(=S)([S-])[S-].[Li+].[Li+].[Li+].[Li+]. The van der Waals surface area contributed by atoms with Crippen LogP contribution >= 0.6 is 8.26 Å². The first-order chi connectivity index (χ1) is 3.25. The Morgan fingerprint density at radius 1 is 0.583 bits per heavy atom. The molecule has 0 saturated heterocycles. The van der Waals surface area contributed by atoms with Crippen molar-refractivity contribution in [3.05, 3.63) is 0 Å². The van der Waals surface area contributed by atoms with Crippen LogP contribution in [0.5, 0.6) is 0 Å². The maximum atomic E-state index is 4.70. The van der Waals surface area contributed by atoms with Crippen LogP contribution in [-0.2, 0) is 72.6 Å². The second-order valence-corrected chi connectivity index (χ2v) is 25.3. The van der Waals surface area contributed by atoms with Crippen LogP contribution in [0, 0.1) is 0 Å².